The second kappa shape index (κ2) is 11.0. The van der Waals surface area contributed by atoms with Crippen molar-refractivity contribution in [3.05, 3.63) is 77.7 Å². The van der Waals surface area contributed by atoms with Crippen LogP contribution in [0.1, 0.15) is 22.3 Å². The summed E-state index contributed by atoms with van der Waals surface area (Å²) in [5.41, 5.74) is 2.15. The molecule has 178 valence electrons. The molecule has 3 aromatic rings. The van der Waals surface area contributed by atoms with Crippen molar-refractivity contribution in [1.82, 2.24) is 9.88 Å². The fourth-order valence-electron chi connectivity index (χ4n) is 4.03. The summed E-state index contributed by atoms with van der Waals surface area (Å²) >= 11 is 0. The van der Waals surface area contributed by atoms with Gasteiger partial charge in [0.25, 0.3) is 5.91 Å². The van der Waals surface area contributed by atoms with Gasteiger partial charge in [-0.1, -0.05) is 0 Å². The highest BCUT2D eigenvalue weighted by atomic mass is 19.1. The lowest BCUT2D eigenvalue weighted by Crippen LogP contribution is -2.31. The zero-order valence-corrected chi connectivity index (χ0v) is 19.5. The number of anilines is 2. The van der Waals surface area contributed by atoms with Gasteiger partial charge in [-0.15, -0.1) is 0 Å². The van der Waals surface area contributed by atoms with Gasteiger partial charge in [0.2, 0.25) is 0 Å². The number of pyridine rings is 1. The van der Waals surface area contributed by atoms with Gasteiger partial charge < -0.3 is 19.7 Å². The maximum atomic E-state index is 13.1. The number of hydrogen-bond acceptors (Lipinski definition) is 6. The fourth-order valence-corrected chi connectivity index (χ4v) is 4.03. The van der Waals surface area contributed by atoms with E-state index < -0.39 is 0 Å². The number of nitrogens with zero attached hydrogens (tertiary/aromatic N) is 3. The van der Waals surface area contributed by atoms with Crippen LogP contribution in [0.25, 0.3) is 0 Å². The molecule has 34 heavy (non-hydrogen) atoms. The molecular weight excluding hydrogens is 435 g/mol. The van der Waals surface area contributed by atoms with E-state index in [-0.39, 0.29) is 11.7 Å². The van der Waals surface area contributed by atoms with Crippen molar-refractivity contribution in [3.63, 3.8) is 0 Å². The summed E-state index contributed by atoms with van der Waals surface area (Å²) in [7, 11) is 3.32. The quantitative estimate of drug-likeness (QED) is 0.565. The molecular formula is C26H29FN4O3. The van der Waals surface area contributed by atoms with E-state index in [2.05, 4.69) is 20.1 Å². The van der Waals surface area contributed by atoms with E-state index in [0.29, 0.717) is 11.3 Å². The van der Waals surface area contributed by atoms with E-state index in [1.165, 1.54) is 24.3 Å². The zero-order valence-electron chi connectivity index (χ0n) is 19.5. The average molecular weight is 465 g/mol. The molecule has 2 heterocycles. The van der Waals surface area contributed by atoms with Crippen molar-refractivity contribution in [2.45, 2.75) is 13.0 Å². The second-order valence-electron chi connectivity index (χ2n) is 8.20. The van der Waals surface area contributed by atoms with Crippen molar-refractivity contribution in [3.8, 4) is 11.5 Å². The minimum absolute atomic E-state index is 0.297. The normalized spacial score (nSPS) is 14.4. The van der Waals surface area contributed by atoms with Crippen molar-refractivity contribution in [2.24, 2.45) is 0 Å². The van der Waals surface area contributed by atoms with Crippen LogP contribution in [0.2, 0.25) is 0 Å². The van der Waals surface area contributed by atoms with Crippen LogP contribution in [0.3, 0.4) is 0 Å². The van der Waals surface area contributed by atoms with E-state index in [4.69, 9.17) is 9.47 Å². The van der Waals surface area contributed by atoms with Gasteiger partial charge >= 0.3 is 0 Å². The summed E-state index contributed by atoms with van der Waals surface area (Å²) < 4.78 is 23.8. The van der Waals surface area contributed by atoms with Gasteiger partial charge in [0, 0.05) is 44.4 Å². The minimum atomic E-state index is -0.373. The van der Waals surface area contributed by atoms with E-state index in [9.17, 15) is 9.18 Å². The van der Waals surface area contributed by atoms with Crippen LogP contribution in [-0.4, -0.2) is 56.2 Å². The SMILES string of the molecule is COc1cc(CN2CCCN(c3ccc(NC(=O)c4ccc(F)cc4)cn3)CC2)cc(OC)c1. The Morgan fingerprint density at radius 3 is 2.35 bits per heavy atom. The summed E-state index contributed by atoms with van der Waals surface area (Å²) in [5, 5.41) is 2.80. The van der Waals surface area contributed by atoms with Gasteiger partial charge in [-0.3, -0.25) is 9.69 Å². The van der Waals surface area contributed by atoms with Gasteiger partial charge in [0.15, 0.2) is 0 Å². The Hall–Kier alpha value is -3.65. The molecule has 1 saturated heterocycles. The molecule has 0 atom stereocenters. The van der Waals surface area contributed by atoms with Crippen LogP contribution in [0.15, 0.2) is 60.8 Å². The first kappa shape index (κ1) is 23.5. The van der Waals surface area contributed by atoms with Crippen LogP contribution >= 0.6 is 0 Å². The van der Waals surface area contributed by atoms with Crippen molar-refractivity contribution < 1.29 is 18.7 Å². The number of amides is 1. The molecule has 1 aliphatic rings. The molecule has 7 nitrogen and oxygen atoms in total. The third kappa shape index (κ3) is 6.02. The Labute approximate surface area is 199 Å². The van der Waals surface area contributed by atoms with Gasteiger partial charge in [-0.05, 0) is 60.5 Å². The Morgan fingerprint density at radius 2 is 1.71 bits per heavy atom. The second-order valence-corrected chi connectivity index (χ2v) is 8.20. The first-order chi connectivity index (χ1) is 16.5. The number of hydrogen-bond donors (Lipinski definition) is 1. The number of methoxy groups -OCH3 is 2. The smallest absolute Gasteiger partial charge is 0.255 e. The lowest BCUT2D eigenvalue weighted by molar-refractivity contribution is 0.102. The Morgan fingerprint density at radius 1 is 0.971 bits per heavy atom. The standard InChI is InChI=1S/C26H29FN4O3/c1-33-23-14-19(15-24(16-23)34-2)18-30-10-3-11-31(13-12-30)25-9-8-22(17-28-25)29-26(32)20-4-6-21(27)7-5-20/h4-9,14-17H,3,10-13,18H2,1-2H3,(H,29,32). The molecule has 1 amide bonds. The number of halogens is 1. The highest BCUT2D eigenvalue weighted by Gasteiger charge is 2.17. The lowest BCUT2D eigenvalue weighted by atomic mass is 10.2. The number of benzene rings is 2. The third-order valence-corrected chi connectivity index (χ3v) is 5.84. The molecule has 0 saturated carbocycles. The lowest BCUT2D eigenvalue weighted by Gasteiger charge is -2.23. The van der Waals surface area contributed by atoms with Crippen LogP contribution in [-0.2, 0) is 6.54 Å². The van der Waals surface area contributed by atoms with Gasteiger partial charge in [0.1, 0.15) is 23.1 Å². The van der Waals surface area contributed by atoms with Crippen LogP contribution in [0.4, 0.5) is 15.9 Å². The number of rotatable bonds is 7. The topological polar surface area (TPSA) is 66.9 Å². The molecule has 1 N–H and O–H groups in total. The summed E-state index contributed by atoms with van der Waals surface area (Å²) in [4.78, 5) is 21.6. The molecule has 0 bridgehead atoms. The first-order valence-corrected chi connectivity index (χ1v) is 11.3. The monoisotopic (exact) mass is 464 g/mol. The Balaban J connectivity index is 1.34. The summed E-state index contributed by atoms with van der Waals surface area (Å²) in [6.07, 6.45) is 2.67. The molecule has 0 spiro atoms. The van der Waals surface area contributed by atoms with E-state index >= 15 is 0 Å². The molecule has 4 rings (SSSR count). The first-order valence-electron chi connectivity index (χ1n) is 11.3. The van der Waals surface area contributed by atoms with Crippen molar-refractivity contribution >= 4 is 17.4 Å². The number of carbonyl (C=O) groups is 1. The van der Waals surface area contributed by atoms with Crippen LogP contribution < -0.4 is 19.7 Å². The highest BCUT2D eigenvalue weighted by Crippen LogP contribution is 2.24. The third-order valence-electron chi connectivity index (χ3n) is 5.84. The van der Waals surface area contributed by atoms with Crippen molar-refractivity contribution in [1.29, 1.82) is 0 Å². The average Bonchev–Trinajstić information content (AvgIpc) is 3.10. The molecule has 1 aromatic heterocycles. The Kier molecular flexibility index (Phi) is 7.59. The van der Waals surface area contributed by atoms with Gasteiger partial charge in [-0.2, -0.15) is 0 Å². The molecule has 2 aromatic carbocycles. The molecule has 0 aliphatic carbocycles. The molecule has 8 heteroatoms. The van der Waals surface area contributed by atoms with Crippen LogP contribution in [0, 0.1) is 5.82 Å². The van der Waals surface area contributed by atoms with Gasteiger partial charge in [-0.25, -0.2) is 9.37 Å². The summed E-state index contributed by atoms with van der Waals surface area (Å²) in [5.74, 6) is 1.80. The number of aromatic nitrogens is 1. The molecule has 0 unspecified atom stereocenters. The maximum Gasteiger partial charge on any atom is 0.255 e. The predicted octanol–water partition coefficient (Wildman–Crippen LogP) is 4.20. The highest BCUT2D eigenvalue weighted by molar-refractivity contribution is 6.04. The van der Waals surface area contributed by atoms with E-state index in [0.717, 1.165) is 62.0 Å². The number of nitrogens with one attached hydrogen (secondary N) is 1. The summed E-state index contributed by atoms with van der Waals surface area (Å²) in [6.45, 7) is 4.48. The number of carbonyl (C=O) groups excluding carboxylic acids is 1. The molecule has 0 radical (unpaired) electrons. The van der Waals surface area contributed by atoms with E-state index in [1.807, 2.05) is 30.3 Å². The fraction of sp³-hybridized carbons (Fsp3) is 0.308. The van der Waals surface area contributed by atoms with Crippen LogP contribution in [0.5, 0.6) is 11.5 Å². The number of ether oxygens (including phenoxy) is 2. The predicted molar refractivity (Wildman–Crippen MR) is 130 cm³/mol. The summed E-state index contributed by atoms with van der Waals surface area (Å²) in [6, 6.07) is 15.2. The zero-order chi connectivity index (χ0) is 23.9. The Bertz CT molecular complexity index is 1080. The minimum Gasteiger partial charge on any atom is -0.497 e. The largest absolute Gasteiger partial charge is 0.497 e. The van der Waals surface area contributed by atoms with E-state index in [1.54, 1.807) is 20.4 Å². The van der Waals surface area contributed by atoms with Crippen molar-refractivity contribution in [2.75, 3.05) is 50.6 Å². The maximum absolute atomic E-state index is 13.1. The van der Waals surface area contributed by atoms with Gasteiger partial charge in [0.05, 0.1) is 26.1 Å². The molecule has 1 aliphatic heterocycles. The molecule has 1 fully saturated rings.